The predicted molar refractivity (Wildman–Crippen MR) is 148 cm³/mol. The van der Waals surface area contributed by atoms with Gasteiger partial charge in [0.15, 0.2) is 13.9 Å². The largest absolute Gasteiger partial charge is 0.432 e. The van der Waals surface area contributed by atoms with E-state index in [1.807, 2.05) is 31.2 Å². The Balaban J connectivity index is 1.53. The second-order valence-electron chi connectivity index (χ2n) is 11.4. The van der Waals surface area contributed by atoms with Crippen LogP contribution in [0.1, 0.15) is 43.7 Å². The molecule has 0 unspecified atom stereocenters. The van der Waals surface area contributed by atoms with Gasteiger partial charge in [0.05, 0.1) is 23.3 Å². The van der Waals surface area contributed by atoms with Crippen molar-refractivity contribution in [3.8, 4) is 0 Å². The number of nitrogens with zero attached hydrogens (tertiary/aromatic N) is 3. The van der Waals surface area contributed by atoms with Crippen molar-refractivity contribution in [1.29, 1.82) is 0 Å². The Bertz CT molecular complexity index is 1300. The van der Waals surface area contributed by atoms with E-state index in [9.17, 15) is 29.6 Å². The van der Waals surface area contributed by atoms with Gasteiger partial charge in [0.25, 0.3) is 11.6 Å². The standard InChI is InChI=1S/C28H35N3O7Si/c1-18-26(39(2,3)37)24(13-15-32)38-28(18)22-16-21(31(35)36)11-12-23(22)30(27(28)34)17-19-7-9-20(10-8-19)29-14-5-4-6-25(29)33/h7-12,16,18,24,26,32,37H,4-6,13-15,17H2,1-3H3/t18-,24+,26-,28+/m0/s1. The molecule has 39 heavy (non-hydrogen) atoms. The Labute approximate surface area is 228 Å². The number of anilines is 2. The first kappa shape index (κ1) is 27.4. The van der Waals surface area contributed by atoms with Gasteiger partial charge in [-0.2, -0.15) is 0 Å². The molecule has 2 fully saturated rings. The summed E-state index contributed by atoms with van der Waals surface area (Å²) in [5, 5.41) is 21.4. The number of carbonyl (C=O) groups is 2. The SMILES string of the molecule is C[C@H]1[C@H]([Si](C)(C)O)[C@@H](CCO)O[C@]12C(=O)N(Cc1ccc(N3CCCCC3=O)cc1)c1ccc([N+](=O)[O-])cc12. The Kier molecular flexibility index (Phi) is 7.12. The molecule has 3 aliphatic rings. The van der Waals surface area contributed by atoms with E-state index < -0.39 is 30.9 Å². The highest BCUT2D eigenvalue weighted by atomic mass is 28.4. The number of aliphatic hydroxyl groups is 1. The van der Waals surface area contributed by atoms with Crippen molar-refractivity contribution in [3.05, 3.63) is 63.7 Å². The fourth-order valence-electron chi connectivity index (χ4n) is 6.78. The second kappa shape index (κ2) is 10.1. The number of carbonyl (C=O) groups excluding carboxylic acids is 2. The van der Waals surface area contributed by atoms with Crippen molar-refractivity contribution in [2.24, 2.45) is 5.92 Å². The molecule has 0 aliphatic carbocycles. The van der Waals surface area contributed by atoms with Crippen LogP contribution in [-0.2, 0) is 26.5 Å². The summed E-state index contributed by atoms with van der Waals surface area (Å²) in [7, 11) is -2.87. The zero-order chi connectivity index (χ0) is 28.1. The van der Waals surface area contributed by atoms with E-state index in [0.29, 0.717) is 24.2 Å². The van der Waals surface area contributed by atoms with Crippen LogP contribution in [0, 0.1) is 16.0 Å². The number of amides is 2. The number of nitro benzene ring substituents is 1. The number of hydrogen-bond donors (Lipinski definition) is 2. The summed E-state index contributed by atoms with van der Waals surface area (Å²) in [6.07, 6.45) is 2.10. The molecule has 4 atom stereocenters. The van der Waals surface area contributed by atoms with Crippen LogP contribution in [0.5, 0.6) is 0 Å². The normalized spacial score (nSPS) is 26.9. The molecular weight excluding hydrogens is 518 g/mol. The first-order chi connectivity index (χ1) is 18.5. The Morgan fingerprint density at radius 2 is 1.87 bits per heavy atom. The van der Waals surface area contributed by atoms with Crippen LogP contribution in [0.3, 0.4) is 0 Å². The van der Waals surface area contributed by atoms with Gasteiger partial charge in [-0.3, -0.25) is 19.7 Å². The minimum absolute atomic E-state index is 0.107. The summed E-state index contributed by atoms with van der Waals surface area (Å²) < 4.78 is 6.51. The molecule has 11 heteroatoms. The zero-order valence-electron chi connectivity index (χ0n) is 22.5. The summed E-state index contributed by atoms with van der Waals surface area (Å²) in [4.78, 5) is 52.4. The lowest BCUT2D eigenvalue weighted by Crippen LogP contribution is -2.46. The molecule has 2 N–H and O–H groups in total. The molecule has 2 aromatic rings. The number of piperidine rings is 1. The highest BCUT2D eigenvalue weighted by Crippen LogP contribution is 2.60. The van der Waals surface area contributed by atoms with Gasteiger partial charge in [0, 0.05) is 54.4 Å². The van der Waals surface area contributed by atoms with E-state index in [1.54, 1.807) is 29.0 Å². The van der Waals surface area contributed by atoms with Gasteiger partial charge < -0.3 is 24.4 Å². The van der Waals surface area contributed by atoms with Gasteiger partial charge in [-0.05, 0) is 56.1 Å². The molecule has 3 heterocycles. The predicted octanol–water partition coefficient (Wildman–Crippen LogP) is 3.84. The van der Waals surface area contributed by atoms with Gasteiger partial charge in [-0.15, -0.1) is 0 Å². The smallest absolute Gasteiger partial charge is 0.269 e. The first-order valence-electron chi connectivity index (χ1n) is 13.5. The average molecular weight is 554 g/mol. The Morgan fingerprint density at radius 3 is 2.49 bits per heavy atom. The third-order valence-corrected chi connectivity index (χ3v) is 11.0. The van der Waals surface area contributed by atoms with Gasteiger partial charge in [-0.25, -0.2) is 0 Å². The van der Waals surface area contributed by atoms with Crippen LogP contribution in [0.4, 0.5) is 17.1 Å². The fourth-order valence-corrected chi connectivity index (χ4v) is 9.38. The number of ether oxygens (including phenoxy) is 1. The molecule has 2 aromatic carbocycles. The molecule has 0 aromatic heterocycles. The minimum atomic E-state index is -2.87. The van der Waals surface area contributed by atoms with Crippen molar-refractivity contribution in [2.45, 2.75) is 69.5 Å². The maximum atomic E-state index is 14.3. The Hall–Kier alpha value is -3.12. The number of non-ortho nitro benzene ring substituents is 1. The summed E-state index contributed by atoms with van der Waals surface area (Å²) in [6, 6.07) is 11.9. The highest BCUT2D eigenvalue weighted by molar-refractivity contribution is 6.71. The second-order valence-corrected chi connectivity index (χ2v) is 15.4. The lowest BCUT2D eigenvalue weighted by Gasteiger charge is -2.32. The zero-order valence-corrected chi connectivity index (χ0v) is 23.5. The van der Waals surface area contributed by atoms with Gasteiger partial charge in [0.1, 0.15) is 0 Å². The molecule has 2 amide bonds. The average Bonchev–Trinajstić information content (AvgIpc) is 3.31. The quantitative estimate of drug-likeness (QED) is 0.302. The summed E-state index contributed by atoms with van der Waals surface area (Å²) in [5.41, 5.74) is 0.616. The maximum absolute atomic E-state index is 14.3. The Morgan fingerprint density at radius 1 is 1.15 bits per heavy atom. The number of rotatable bonds is 7. The van der Waals surface area contributed by atoms with Crippen molar-refractivity contribution in [1.82, 2.24) is 0 Å². The number of nitro groups is 1. The fraction of sp³-hybridized carbons (Fsp3) is 0.500. The highest BCUT2D eigenvalue weighted by Gasteiger charge is 2.66. The van der Waals surface area contributed by atoms with E-state index in [0.717, 1.165) is 24.1 Å². The van der Waals surface area contributed by atoms with Crippen molar-refractivity contribution in [3.63, 3.8) is 0 Å². The lowest BCUT2D eigenvalue weighted by molar-refractivity contribution is -0.385. The molecule has 2 saturated heterocycles. The van der Waals surface area contributed by atoms with Crippen LogP contribution < -0.4 is 9.80 Å². The number of hydrogen-bond acceptors (Lipinski definition) is 7. The molecular formula is C28H35N3O7Si. The molecule has 10 nitrogen and oxygen atoms in total. The monoisotopic (exact) mass is 553 g/mol. The van der Waals surface area contributed by atoms with Crippen LogP contribution in [-0.4, -0.2) is 54.2 Å². The maximum Gasteiger partial charge on any atom is 0.269 e. The number of aliphatic hydroxyl groups excluding tert-OH is 1. The summed E-state index contributed by atoms with van der Waals surface area (Å²) in [6.45, 7) is 6.18. The number of benzene rings is 2. The summed E-state index contributed by atoms with van der Waals surface area (Å²) >= 11 is 0. The van der Waals surface area contributed by atoms with Crippen molar-refractivity contribution in [2.75, 3.05) is 23.0 Å². The van der Waals surface area contributed by atoms with Crippen LogP contribution >= 0.6 is 0 Å². The third-order valence-electron chi connectivity index (χ3n) is 8.50. The first-order valence-corrected chi connectivity index (χ1v) is 16.5. The van der Waals surface area contributed by atoms with E-state index in [4.69, 9.17) is 4.74 Å². The van der Waals surface area contributed by atoms with Gasteiger partial charge >= 0.3 is 0 Å². The molecule has 0 saturated carbocycles. The van der Waals surface area contributed by atoms with Gasteiger partial charge in [0.2, 0.25) is 5.91 Å². The molecule has 0 bridgehead atoms. The van der Waals surface area contributed by atoms with E-state index in [1.165, 1.54) is 12.1 Å². The van der Waals surface area contributed by atoms with Gasteiger partial charge in [-0.1, -0.05) is 19.1 Å². The molecule has 0 radical (unpaired) electrons. The number of fused-ring (bicyclic) bond motifs is 2. The third kappa shape index (κ3) is 4.56. The van der Waals surface area contributed by atoms with Crippen molar-refractivity contribution >= 4 is 37.2 Å². The van der Waals surface area contributed by atoms with E-state index in [-0.39, 0.29) is 42.6 Å². The molecule has 3 aliphatic heterocycles. The lowest BCUT2D eigenvalue weighted by atomic mass is 9.82. The molecule has 208 valence electrons. The molecule has 5 rings (SSSR count). The van der Waals surface area contributed by atoms with Crippen molar-refractivity contribution < 1.29 is 29.2 Å². The van der Waals surface area contributed by atoms with Crippen LogP contribution in [0.25, 0.3) is 0 Å². The topological polar surface area (TPSA) is 133 Å². The van der Waals surface area contributed by atoms with E-state index in [2.05, 4.69) is 0 Å². The molecule has 1 spiro atoms. The van der Waals surface area contributed by atoms with Crippen LogP contribution in [0.15, 0.2) is 42.5 Å². The minimum Gasteiger partial charge on any atom is -0.432 e. The van der Waals surface area contributed by atoms with Crippen LogP contribution in [0.2, 0.25) is 18.6 Å². The van der Waals surface area contributed by atoms with E-state index >= 15 is 0 Å². The summed E-state index contributed by atoms with van der Waals surface area (Å²) in [5.74, 6) is -0.688.